The van der Waals surface area contributed by atoms with Gasteiger partial charge in [0.1, 0.15) is 5.82 Å². The Labute approximate surface area is 83.7 Å². The first-order valence-electron chi connectivity index (χ1n) is 4.08. The summed E-state index contributed by atoms with van der Waals surface area (Å²) in [5.74, 6) is -3.35. The Bertz CT molecular complexity index is 375. The van der Waals surface area contributed by atoms with E-state index in [9.17, 15) is 13.2 Å². The smallest absolute Gasteiger partial charge is 0.166 e. The van der Waals surface area contributed by atoms with E-state index >= 15 is 0 Å². The highest BCUT2D eigenvalue weighted by atomic mass is 35.5. The number of rotatable bonds is 1. The SMILES string of the molecule is NC1(c2c(F)c(F)cc(Cl)c2F)CC1. The molecule has 1 aromatic rings. The average molecular weight is 222 g/mol. The predicted octanol–water partition coefficient (Wildman–Crippen LogP) is 2.71. The van der Waals surface area contributed by atoms with Crippen LogP contribution in [0.2, 0.25) is 5.02 Å². The van der Waals surface area contributed by atoms with Gasteiger partial charge in [0, 0.05) is 11.1 Å². The molecule has 0 amide bonds. The summed E-state index contributed by atoms with van der Waals surface area (Å²) in [6.07, 6.45) is 0.890. The fraction of sp³-hybridized carbons (Fsp3) is 0.333. The van der Waals surface area contributed by atoms with Crippen LogP contribution in [0.3, 0.4) is 0 Å². The molecule has 1 fully saturated rings. The lowest BCUT2D eigenvalue weighted by Gasteiger charge is -2.12. The third-order valence-corrected chi connectivity index (χ3v) is 2.67. The Morgan fingerprint density at radius 2 is 1.79 bits per heavy atom. The lowest BCUT2D eigenvalue weighted by molar-refractivity contribution is 0.461. The van der Waals surface area contributed by atoms with E-state index in [1.54, 1.807) is 0 Å². The van der Waals surface area contributed by atoms with Crippen LogP contribution >= 0.6 is 11.6 Å². The molecule has 0 saturated heterocycles. The Morgan fingerprint density at radius 3 is 2.29 bits per heavy atom. The van der Waals surface area contributed by atoms with Crippen LogP contribution in [0.5, 0.6) is 0 Å². The summed E-state index contributed by atoms with van der Waals surface area (Å²) in [7, 11) is 0. The van der Waals surface area contributed by atoms with Crippen LogP contribution in [0.25, 0.3) is 0 Å². The minimum atomic E-state index is -1.23. The molecule has 0 aromatic heterocycles. The zero-order chi connectivity index (χ0) is 10.5. The lowest BCUT2D eigenvalue weighted by atomic mass is 10.0. The van der Waals surface area contributed by atoms with Gasteiger partial charge in [-0.3, -0.25) is 0 Å². The van der Waals surface area contributed by atoms with E-state index in [-0.39, 0.29) is 0 Å². The van der Waals surface area contributed by atoms with E-state index < -0.39 is 33.6 Å². The quantitative estimate of drug-likeness (QED) is 0.725. The largest absolute Gasteiger partial charge is 0.321 e. The first-order valence-corrected chi connectivity index (χ1v) is 4.46. The summed E-state index contributed by atoms with van der Waals surface area (Å²) in [6, 6.07) is 0.613. The molecule has 2 N–H and O–H groups in total. The third-order valence-electron chi connectivity index (χ3n) is 2.40. The van der Waals surface area contributed by atoms with Crippen LogP contribution in [-0.4, -0.2) is 0 Å². The monoisotopic (exact) mass is 221 g/mol. The number of benzene rings is 1. The highest BCUT2D eigenvalue weighted by Crippen LogP contribution is 2.46. The molecule has 1 aliphatic rings. The molecule has 0 radical (unpaired) electrons. The molecule has 5 heteroatoms. The van der Waals surface area contributed by atoms with Gasteiger partial charge in [-0.05, 0) is 18.9 Å². The Morgan fingerprint density at radius 1 is 1.21 bits per heavy atom. The molecule has 0 atom stereocenters. The van der Waals surface area contributed by atoms with E-state index in [1.165, 1.54) is 0 Å². The number of hydrogen-bond acceptors (Lipinski definition) is 1. The normalized spacial score (nSPS) is 18.4. The highest BCUT2D eigenvalue weighted by Gasteiger charge is 2.45. The lowest BCUT2D eigenvalue weighted by Crippen LogP contribution is -2.23. The van der Waals surface area contributed by atoms with Gasteiger partial charge in [0.2, 0.25) is 0 Å². The molecule has 76 valence electrons. The molecule has 14 heavy (non-hydrogen) atoms. The van der Waals surface area contributed by atoms with Gasteiger partial charge in [0.25, 0.3) is 0 Å². The van der Waals surface area contributed by atoms with Gasteiger partial charge in [0.15, 0.2) is 11.6 Å². The minimum absolute atomic E-state index is 0.428. The maximum atomic E-state index is 13.4. The fourth-order valence-electron chi connectivity index (χ4n) is 1.39. The molecule has 1 nitrogen and oxygen atoms in total. The molecule has 1 aliphatic carbocycles. The second-order valence-electron chi connectivity index (χ2n) is 3.50. The van der Waals surface area contributed by atoms with Crippen LogP contribution < -0.4 is 5.73 Å². The number of halogens is 4. The van der Waals surface area contributed by atoms with Crippen LogP contribution in [0.4, 0.5) is 13.2 Å². The zero-order valence-corrected chi connectivity index (χ0v) is 7.84. The molecule has 1 aromatic carbocycles. The van der Waals surface area contributed by atoms with Crippen LogP contribution in [0, 0.1) is 17.5 Å². The Hall–Kier alpha value is -0.740. The highest BCUT2D eigenvalue weighted by molar-refractivity contribution is 6.30. The standard InChI is InChI=1S/C9H7ClF3N/c10-4-3-5(11)8(13)6(7(4)12)9(14)1-2-9/h3H,1-2,14H2. The summed E-state index contributed by atoms with van der Waals surface area (Å²) in [5.41, 5.74) is 4.10. The topological polar surface area (TPSA) is 26.0 Å². The van der Waals surface area contributed by atoms with Gasteiger partial charge in [-0.25, -0.2) is 13.2 Å². The maximum absolute atomic E-state index is 13.4. The van der Waals surface area contributed by atoms with E-state index in [0.29, 0.717) is 18.9 Å². The Kier molecular flexibility index (Phi) is 2.01. The summed E-state index contributed by atoms with van der Waals surface area (Å²) >= 11 is 5.39. The molecule has 0 bridgehead atoms. The van der Waals surface area contributed by atoms with Gasteiger partial charge in [-0.15, -0.1) is 0 Å². The van der Waals surface area contributed by atoms with Crippen molar-refractivity contribution in [2.75, 3.05) is 0 Å². The van der Waals surface area contributed by atoms with Gasteiger partial charge >= 0.3 is 0 Å². The van der Waals surface area contributed by atoms with E-state index in [2.05, 4.69) is 0 Å². The van der Waals surface area contributed by atoms with Crippen molar-refractivity contribution in [2.24, 2.45) is 5.73 Å². The molecule has 1 saturated carbocycles. The molecule has 0 unspecified atom stereocenters. The van der Waals surface area contributed by atoms with Gasteiger partial charge in [0.05, 0.1) is 5.02 Å². The zero-order valence-electron chi connectivity index (χ0n) is 7.08. The summed E-state index contributed by atoms with van der Waals surface area (Å²) < 4.78 is 39.5. The van der Waals surface area contributed by atoms with Gasteiger partial charge < -0.3 is 5.73 Å². The Balaban J connectivity index is 2.68. The first-order chi connectivity index (χ1) is 6.46. The van der Waals surface area contributed by atoms with Crippen LogP contribution in [0.15, 0.2) is 6.07 Å². The minimum Gasteiger partial charge on any atom is -0.321 e. The van der Waals surface area contributed by atoms with E-state index in [1.807, 2.05) is 0 Å². The van der Waals surface area contributed by atoms with Crippen molar-refractivity contribution >= 4 is 11.6 Å². The summed E-state index contributed by atoms with van der Waals surface area (Å²) in [5, 5.41) is -0.435. The first kappa shape index (κ1) is 9.80. The van der Waals surface area contributed by atoms with Crippen molar-refractivity contribution in [3.05, 3.63) is 34.1 Å². The van der Waals surface area contributed by atoms with E-state index in [4.69, 9.17) is 17.3 Å². The summed E-state index contributed by atoms with van der Waals surface area (Å²) in [6.45, 7) is 0. The fourth-order valence-corrected chi connectivity index (χ4v) is 1.59. The molecular formula is C9H7ClF3N. The van der Waals surface area contributed by atoms with Crippen molar-refractivity contribution in [1.82, 2.24) is 0 Å². The predicted molar refractivity (Wildman–Crippen MR) is 46.4 cm³/mol. The molecule has 0 heterocycles. The molecule has 2 rings (SSSR count). The molecular weight excluding hydrogens is 215 g/mol. The van der Waals surface area contributed by atoms with Crippen molar-refractivity contribution in [2.45, 2.75) is 18.4 Å². The van der Waals surface area contributed by atoms with Crippen molar-refractivity contribution < 1.29 is 13.2 Å². The van der Waals surface area contributed by atoms with Crippen molar-refractivity contribution in [3.8, 4) is 0 Å². The maximum Gasteiger partial charge on any atom is 0.166 e. The van der Waals surface area contributed by atoms with Gasteiger partial charge in [-0.1, -0.05) is 11.6 Å². The van der Waals surface area contributed by atoms with Crippen LogP contribution in [0.1, 0.15) is 18.4 Å². The number of nitrogens with two attached hydrogens (primary N) is 1. The molecule has 0 aliphatic heterocycles. The van der Waals surface area contributed by atoms with Crippen LogP contribution in [-0.2, 0) is 5.54 Å². The number of hydrogen-bond donors (Lipinski definition) is 1. The van der Waals surface area contributed by atoms with E-state index in [0.717, 1.165) is 0 Å². The average Bonchev–Trinajstić information content (AvgIpc) is 2.81. The second-order valence-corrected chi connectivity index (χ2v) is 3.91. The molecule has 0 spiro atoms. The second kappa shape index (κ2) is 2.87. The van der Waals surface area contributed by atoms with Crippen molar-refractivity contribution in [3.63, 3.8) is 0 Å². The van der Waals surface area contributed by atoms with Gasteiger partial charge in [-0.2, -0.15) is 0 Å². The summed E-state index contributed by atoms with van der Waals surface area (Å²) in [4.78, 5) is 0. The van der Waals surface area contributed by atoms with Crippen molar-refractivity contribution in [1.29, 1.82) is 0 Å². The third kappa shape index (κ3) is 1.29.